The van der Waals surface area contributed by atoms with E-state index in [1.165, 1.54) is 18.5 Å². The maximum Gasteiger partial charge on any atom is 0.417 e. The molecule has 0 unspecified atom stereocenters. The zero-order valence-corrected chi connectivity index (χ0v) is 23.4. The quantitative estimate of drug-likeness (QED) is 0.304. The number of nitrogens with zero attached hydrogens (tertiary/aromatic N) is 7. The monoisotopic (exact) mass is 591 g/mol. The summed E-state index contributed by atoms with van der Waals surface area (Å²) in [6.45, 7) is 6.60. The highest BCUT2D eigenvalue weighted by Crippen LogP contribution is 2.34. The van der Waals surface area contributed by atoms with Crippen LogP contribution in [-0.2, 0) is 10.9 Å². The summed E-state index contributed by atoms with van der Waals surface area (Å²) in [5, 5.41) is 14.7. The molecule has 5 rings (SSSR count). The van der Waals surface area contributed by atoms with E-state index < -0.39 is 23.2 Å². The largest absolute Gasteiger partial charge is 0.417 e. The van der Waals surface area contributed by atoms with Crippen LogP contribution in [0.25, 0.3) is 11.0 Å². The van der Waals surface area contributed by atoms with Gasteiger partial charge in [-0.25, -0.2) is 19.9 Å². The molecular weight excluding hydrogens is 563 g/mol. The fraction of sp³-hybridized carbons (Fsp3) is 0.310. The van der Waals surface area contributed by atoms with Gasteiger partial charge in [-0.3, -0.25) is 9.69 Å². The van der Waals surface area contributed by atoms with Gasteiger partial charge in [0.2, 0.25) is 5.95 Å². The number of methoxy groups -OCH3 is 1. The van der Waals surface area contributed by atoms with Gasteiger partial charge in [0.25, 0.3) is 5.91 Å². The smallest absolute Gasteiger partial charge is 0.383 e. The number of rotatable bonds is 8. The van der Waals surface area contributed by atoms with Gasteiger partial charge in [-0.1, -0.05) is 6.07 Å². The number of aromatic nitrogens is 4. The van der Waals surface area contributed by atoms with Gasteiger partial charge in [-0.05, 0) is 42.8 Å². The number of alkyl halides is 3. The number of nitriles is 1. The molecule has 4 aromatic rings. The Morgan fingerprint density at radius 1 is 1.09 bits per heavy atom. The Morgan fingerprint density at radius 2 is 1.88 bits per heavy atom. The van der Waals surface area contributed by atoms with E-state index in [9.17, 15) is 18.0 Å². The van der Waals surface area contributed by atoms with Crippen LogP contribution in [0.3, 0.4) is 0 Å². The number of halogens is 3. The van der Waals surface area contributed by atoms with Crippen LogP contribution >= 0.6 is 0 Å². The Kier molecular flexibility index (Phi) is 8.65. The van der Waals surface area contributed by atoms with Crippen molar-refractivity contribution in [2.75, 3.05) is 62.0 Å². The molecule has 2 N–H and O–H groups in total. The molecule has 2 aromatic heterocycles. The summed E-state index contributed by atoms with van der Waals surface area (Å²) in [7, 11) is 1.69. The molecule has 1 aliphatic heterocycles. The molecule has 3 heterocycles. The molecule has 222 valence electrons. The molecule has 2 aromatic carbocycles. The molecule has 14 heteroatoms. The topological polar surface area (TPSA) is 132 Å². The maximum atomic E-state index is 13.4. The minimum Gasteiger partial charge on any atom is -0.383 e. The Labute approximate surface area is 245 Å². The number of benzene rings is 2. The van der Waals surface area contributed by atoms with Crippen molar-refractivity contribution >= 4 is 40.1 Å². The Balaban J connectivity index is 1.36. The Morgan fingerprint density at radius 3 is 2.60 bits per heavy atom. The van der Waals surface area contributed by atoms with Crippen molar-refractivity contribution in [3.8, 4) is 6.07 Å². The Bertz CT molecular complexity index is 1680. The van der Waals surface area contributed by atoms with Gasteiger partial charge in [-0.15, -0.1) is 0 Å². The molecule has 1 aliphatic rings. The number of carbonyl (C=O) groups excluding carboxylic acids is 1. The normalized spacial score (nSPS) is 14.0. The lowest BCUT2D eigenvalue weighted by molar-refractivity contribution is -0.137. The minimum absolute atomic E-state index is 0.0861. The van der Waals surface area contributed by atoms with Crippen LogP contribution in [0.5, 0.6) is 0 Å². The zero-order valence-electron chi connectivity index (χ0n) is 23.4. The van der Waals surface area contributed by atoms with Crippen LogP contribution in [0, 0.1) is 18.3 Å². The van der Waals surface area contributed by atoms with Crippen LogP contribution in [0.2, 0.25) is 0 Å². The van der Waals surface area contributed by atoms with E-state index in [-0.39, 0.29) is 11.3 Å². The van der Waals surface area contributed by atoms with Crippen LogP contribution in [0.1, 0.15) is 27.0 Å². The van der Waals surface area contributed by atoms with Gasteiger partial charge in [-0.2, -0.15) is 18.4 Å². The summed E-state index contributed by atoms with van der Waals surface area (Å²) in [5.74, 6) is 0.347. The highest BCUT2D eigenvalue weighted by atomic mass is 19.4. The molecule has 0 aliphatic carbocycles. The summed E-state index contributed by atoms with van der Waals surface area (Å²) >= 11 is 0. The molecule has 0 spiro atoms. The van der Waals surface area contributed by atoms with Crippen molar-refractivity contribution < 1.29 is 22.7 Å². The second kappa shape index (κ2) is 12.6. The first-order valence-corrected chi connectivity index (χ1v) is 13.4. The molecule has 0 radical (unpaired) electrons. The standard InChI is InChI=1S/C29H28F3N9O2/c1-18-3-4-19(27(42)37-21-6-5-20(15-33)22(14-21)29(30,31)32)13-23(18)38-26-25-24(35-17-36-26)16-34-28(39-25)41-9-7-40(8-10-41)11-12-43-2/h3-6,13-14,16-17H,7-12H2,1-2H3,(H,37,42)(H,35,36,38). The van der Waals surface area contributed by atoms with Crippen molar-refractivity contribution in [2.45, 2.75) is 13.1 Å². The van der Waals surface area contributed by atoms with Crippen LogP contribution in [0.4, 0.5) is 36.3 Å². The van der Waals surface area contributed by atoms with E-state index in [4.69, 9.17) is 15.0 Å². The van der Waals surface area contributed by atoms with E-state index >= 15 is 0 Å². The lowest BCUT2D eigenvalue weighted by Crippen LogP contribution is -2.47. The fourth-order valence-electron chi connectivity index (χ4n) is 4.66. The number of ether oxygens (including phenoxy) is 1. The average Bonchev–Trinajstić information content (AvgIpc) is 3.00. The van der Waals surface area contributed by atoms with Crippen LogP contribution in [-0.4, -0.2) is 77.2 Å². The number of carbonyl (C=O) groups is 1. The number of hydrogen-bond donors (Lipinski definition) is 2. The first kappa shape index (κ1) is 29.6. The number of amides is 1. The van der Waals surface area contributed by atoms with Crippen molar-refractivity contribution in [3.05, 3.63) is 71.2 Å². The SMILES string of the molecule is COCCN1CCN(c2ncc3ncnc(Nc4cc(C(=O)Nc5ccc(C#N)c(C(F)(F)F)c5)ccc4C)c3n2)CC1. The van der Waals surface area contributed by atoms with Crippen molar-refractivity contribution in [2.24, 2.45) is 0 Å². The second-order valence-electron chi connectivity index (χ2n) is 9.93. The summed E-state index contributed by atoms with van der Waals surface area (Å²) in [6.07, 6.45) is -1.71. The van der Waals surface area contributed by atoms with Crippen molar-refractivity contribution in [1.82, 2.24) is 24.8 Å². The first-order valence-electron chi connectivity index (χ1n) is 13.4. The maximum absolute atomic E-state index is 13.4. The van der Waals surface area contributed by atoms with E-state index in [0.717, 1.165) is 50.4 Å². The third-order valence-electron chi connectivity index (χ3n) is 7.09. The minimum atomic E-state index is -4.74. The number of nitrogens with one attached hydrogen (secondary N) is 2. The molecule has 0 saturated carbocycles. The summed E-state index contributed by atoms with van der Waals surface area (Å²) in [6, 6.07) is 9.40. The van der Waals surface area contributed by atoms with E-state index in [2.05, 4.69) is 35.4 Å². The van der Waals surface area contributed by atoms with E-state index in [1.807, 2.05) is 6.92 Å². The van der Waals surface area contributed by atoms with Gasteiger partial charge in [0.15, 0.2) is 5.82 Å². The Hall–Kier alpha value is -4.87. The highest BCUT2D eigenvalue weighted by Gasteiger charge is 2.34. The average molecular weight is 592 g/mol. The van der Waals surface area contributed by atoms with Gasteiger partial charge in [0.1, 0.15) is 17.4 Å². The lowest BCUT2D eigenvalue weighted by Gasteiger charge is -2.34. The van der Waals surface area contributed by atoms with Crippen LogP contribution < -0.4 is 15.5 Å². The molecule has 43 heavy (non-hydrogen) atoms. The van der Waals surface area contributed by atoms with Gasteiger partial charge < -0.3 is 20.3 Å². The molecule has 0 bridgehead atoms. The third kappa shape index (κ3) is 6.79. The number of fused-ring (bicyclic) bond motifs is 1. The number of piperazine rings is 1. The fourth-order valence-corrected chi connectivity index (χ4v) is 4.66. The molecule has 1 amide bonds. The third-order valence-corrected chi connectivity index (χ3v) is 7.09. The molecule has 11 nitrogen and oxygen atoms in total. The van der Waals surface area contributed by atoms with E-state index in [0.29, 0.717) is 35.1 Å². The predicted octanol–water partition coefficient (Wildman–Crippen LogP) is 4.38. The summed E-state index contributed by atoms with van der Waals surface area (Å²) in [4.78, 5) is 35.4. The van der Waals surface area contributed by atoms with Gasteiger partial charge >= 0.3 is 6.18 Å². The molecular formula is C29H28F3N9O2. The highest BCUT2D eigenvalue weighted by molar-refractivity contribution is 6.05. The molecule has 1 saturated heterocycles. The van der Waals surface area contributed by atoms with Gasteiger partial charge in [0, 0.05) is 56.8 Å². The predicted molar refractivity (Wildman–Crippen MR) is 154 cm³/mol. The van der Waals surface area contributed by atoms with Crippen molar-refractivity contribution in [3.63, 3.8) is 0 Å². The molecule has 0 atom stereocenters. The second-order valence-corrected chi connectivity index (χ2v) is 9.93. The van der Waals surface area contributed by atoms with Gasteiger partial charge in [0.05, 0.1) is 30.0 Å². The number of anilines is 4. The zero-order chi connectivity index (χ0) is 30.6. The summed E-state index contributed by atoms with van der Waals surface area (Å²) in [5.41, 5.74) is 0.847. The number of hydrogen-bond acceptors (Lipinski definition) is 10. The lowest BCUT2D eigenvalue weighted by atomic mass is 10.1. The molecule has 1 fully saturated rings. The van der Waals surface area contributed by atoms with E-state index in [1.54, 1.807) is 31.5 Å². The summed E-state index contributed by atoms with van der Waals surface area (Å²) < 4.78 is 45.3. The first-order chi connectivity index (χ1) is 20.7. The van der Waals surface area contributed by atoms with Crippen molar-refractivity contribution in [1.29, 1.82) is 5.26 Å². The van der Waals surface area contributed by atoms with Crippen LogP contribution in [0.15, 0.2) is 48.9 Å². The number of aryl methyl sites for hydroxylation is 1.